The highest BCUT2D eigenvalue weighted by Gasteiger charge is 2.58. The fraction of sp³-hybridized carbons (Fsp3) is 0.862. The summed E-state index contributed by atoms with van der Waals surface area (Å²) >= 11 is 0. The molecule has 0 aromatic heterocycles. The van der Waals surface area contributed by atoms with E-state index in [1.807, 2.05) is 5.57 Å². The minimum atomic E-state index is 0.450. The third kappa shape index (κ3) is 3.46. The lowest BCUT2D eigenvalue weighted by Gasteiger charge is -2.58. The summed E-state index contributed by atoms with van der Waals surface area (Å²) in [4.78, 5) is 0. The van der Waals surface area contributed by atoms with Gasteiger partial charge in [-0.05, 0) is 104 Å². The fourth-order valence-corrected chi connectivity index (χ4v) is 9.38. The van der Waals surface area contributed by atoms with Crippen LogP contribution < -0.4 is 11.1 Å². The Morgan fingerprint density at radius 1 is 1.00 bits per heavy atom. The molecule has 0 amide bonds. The Labute approximate surface area is 191 Å². The van der Waals surface area contributed by atoms with E-state index in [0.29, 0.717) is 22.8 Å². The van der Waals surface area contributed by atoms with Crippen molar-refractivity contribution in [1.29, 1.82) is 0 Å². The van der Waals surface area contributed by atoms with Crippen molar-refractivity contribution < 1.29 is 0 Å². The molecule has 0 bridgehead atoms. The molecule has 0 aromatic rings. The molecule has 0 spiro atoms. The Morgan fingerprint density at radius 2 is 1.74 bits per heavy atom. The number of allylic oxidation sites excluding steroid dienone is 4. The molecule has 2 heteroatoms. The van der Waals surface area contributed by atoms with Gasteiger partial charge in [0.05, 0.1) is 0 Å². The zero-order valence-electron chi connectivity index (χ0n) is 20.9. The standard InChI is InChI=1S/C29H48N2/c1-18(2)22-12-15-31-27(22)16-19(3)24-8-9-25-23-7-6-20-17-21(30)10-13-28(20,4)26(23)11-14-29(24,25)5/h7,16,18-22,24-26,31H,6,8-15,17,30H2,1-5H3/b27-16-/t19-,20?,21-,22?,24-,25?,26?,28+,29-/m1/s1. The van der Waals surface area contributed by atoms with E-state index in [1.165, 1.54) is 64.3 Å². The van der Waals surface area contributed by atoms with Crippen molar-refractivity contribution in [3.05, 3.63) is 23.4 Å². The molecule has 4 aliphatic carbocycles. The predicted octanol–water partition coefficient (Wildman–Crippen LogP) is 6.68. The Balaban J connectivity index is 1.38. The smallest absolute Gasteiger partial charge is 0.0150 e. The molecular formula is C29H48N2. The number of hydrogen-bond donors (Lipinski definition) is 2. The highest BCUT2D eigenvalue weighted by Crippen LogP contribution is 2.66. The first kappa shape index (κ1) is 22.1. The average molecular weight is 425 g/mol. The highest BCUT2D eigenvalue weighted by molar-refractivity contribution is 5.28. The molecule has 3 N–H and O–H groups in total. The molecule has 0 aromatic carbocycles. The van der Waals surface area contributed by atoms with E-state index >= 15 is 0 Å². The summed E-state index contributed by atoms with van der Waals surface area (Å²) in [5.74, 6) is 5.53. The highest BCUT2D eigenvalue weighted by atomic mass is 14.9. The Kier molecular flexibility index (Phi) is 5.64. The largest absolute Gasteiger partial charge is 0.388 e. The second-order valence-corrected chi connectivity index (χ2v) is 13.1. The van der Waals surface area contributed by atoms with Gasteiger partial charge in [0.15, 0.2) is 0 Å². The maximum atomic E-state index is 6.39. The molecule has 5 aliphatic rings. The quantitative estimate of drug-likeness (QED) is 0.496. The van der Waals surface area contributed by atoms with Gasteiger partial charge < -0.3 is 11.1 Å². The molecule has 174 valence electrons. The molecule has 9 atom stereocenters. The number of nitrogens with one attached hydrogen (secondary N) is 1. The second-order valence-electron chi connectivity index (χ2n) is 13.1. The third-order valence-corrected chi connectivity index (χ3v) is 11.3. The van der Waals surface area contributed by atoms with Gasteiger partial charge in [-0.15, -0.1) is 0 Å². The fourth-order valence-electron chi connectivity index (χ4n) is 9.38. The normalized spacial score (nSPS) is 49.3. The summed E-state index contributed by atoms with van der Waals surface area (Å²) in [5.41, 5.74) is 10.9. The molecule has 4 fully saturated rings. The first-order valence-corrected chi connectivity index (χ1v) is 13.6. The van der Waals surface area contributed by atoms with E-state index in [1.54, 1.807) is 5.70 Å². The molecule has 0 radical (unpaired) electrons. The Hall–Kier alpha value is -0.760. The summed E-state index contributed by atoms with van der Waals surface area (Å²) in [6.07, 6.45) is 17.6. The number of hydrogen-bond acceptors (Lipinski definition) is 2. The van der Waals surface area contributed by atoms with Crippen LogP contribution in [0.15, 0.2) is 23.4 Å². The van der Waals surface area contributed by atoms with Crippen LogP contribution in [0, 0.1) is 52.3 Å². The van der Waals surface area contributed by atoms with Crippen LogP contribution >= 0.6 is 0 Å². The maximum absolute atomic E-state index is 6.39. The van der Waals surface area contributed by atoms with Crippen molar-refractivity contribution in [3.8, 4) is 0 Å². The van der Waals surface area contributed by atoms with Crippen LogP contribution in [-0.2, 0) is 0 Å². The van der Waals surface area contributed by atoms with Crippen LogP contribution in [0.25, 0.3) is 0 Å². The summed E-state index contributed by atoms with van der Waals surface area (Å²) in [6.45, 7) is 13.8. The monoisotopic (exact) mass is 424 g/mol. The lowest BCUT2D eigenvalue weighted by molar-refractivity contribution is -0.00906. The first-order valence-electron chi connectivity index (χ1n) is 13.6. The van der Waals surface area contributed by atoms with Gasteiger partial charge in [0.25, 0.3) is 0 Å². The predicted molar refractivity (Wildman–Crippen MR) is 131 cm³/mol. The Bertz CT molecular complexity index is 750. The zero-order valence-corrected chi connectivity index (χ0v) is 20.9. The van der Waals surface area contributed by atoms with Crippen molar-refractivity contribution in [1.82, 2.24) is 5.32 Å². The van der Waals surface area contributed by atoms with E-state index in [2.05, 4.69) is 52.1 Å². The van der Waals surface area contributed by atoms with Crippen molar-refractivity contribution in [2.75, 3.05) is 6.54 Å². The van der Waals surface area contributed by atoms with Crippen molar-refractivity contribution in [3.63, 3.8) is 0 Å². The molecule has 5 rings (SSSR count). The van der Waals surface area contributed by atoms with E-state index in [4.69, 9.17) is 5.73 Å². The van der Waals surface area contributed by atoms with Gasteiger partial charge in [-0.2, -0.15) is 0 Å². The van der Waals surface area contributed by atoms with Crippen LogP contribution in [0.1, 0.15) is 92.4 Å². The molecule has 1 aliphatic heterocycles. The van der Waals surface area contributed by atoms with E-state index in [-0.39, 0.29) is 0 Å². The number of nitrogens with two attached hydrogens (primary N) is 1. The molecule has 2 nitrogen and oxygen atoms in total. The van der Waals surface area contributed by atoms with Crippen LogP contribution in [-0.4, -0.2) is 12.6 Å². The van der Waals surface area contributed by atoms with Crippen LogP contribution in [0.5, 0.6) is 0 Å². The summed E-state index contributed by atoms with van der Waals surface area (Å²) in [6, 6.07) is 0.450. The van der Waals surface area contributed by atoms with Gasteiger partial charge in [0, 0.05) is 24.2 Å². The third-order valence-electron chi connectivity index (χ3n) is 11.3. The van der Waals surface area contributed by atoms with Crippen molar-refractivity contribution in [2.24, 2.45) is 58.0 Å². The second kappa shape index (κ2) is 7.93. The summed E-state index contributed by atoms with van der Waals surface area (Å²) < 4.78 is 0. The molecule has 4 unspecified atom stereocenters. The van der Waals surface area contributed by atoms with Crippen LogP contribution in [0.4, 0.5) is 0 Å². The van der Waals surface area contributed by atoms with Gasteiger partial charge >= 0.3 is 0 Å². The van der Waals surface area contributed by atoms with Gasteiger partial charge in [-0.3, -0.25) is 0 Å². The topological polar surface area (TPSA) is 38.0 Å². The molecular weight excluding hydrogens is 376 g/mol. The van der Waals surface area contributed by atoms with Gasteiger partial charge in [0.2, 0.25) is 0 Å². The zero-order chi connectivity index (χ0) is 22.0. The number of rotatable bonds is 3. The molecule has 3 saturated carbocycles. The minimum absolute atomic E-state index is 0.450. The maximum Gasteiger partial charge on any atom is 0.0150 e. The van der Waals surface area contributed by atoms with Crippen LogP contribution in [0.2, 0.25) is 0 Å². The van der Waals surface area contributed by atoms with Gasteiger partial charge in [-0.1, -0.05) is 52.3 Å². The van der Waals surface area contributed by atoms with E-state index < -0.39 is 0 Å². The van der Waals surface area contributed by atoms with E-state index in [9.17, 15) is 0 Å². The van der Waals surface area contributed by atoms with Crippen molar-refractivity contribution in [2.45, 2.75) is 98.4 Å². The van der Waals surface area contributed by atoms with Crippen molar-refractivity contribution >= 4 is 0 Å². The lowest BCUT2D eigenvalue weighted by Crippen LogP contribution is -2.50. The summed E-state index contributed by atoms with van der Waals surface area (Å²) in [7, 11) is 0. The van der Waals surface area contributed by atoms with Gasteiger partial charge in [-0.25, -0.2) is 0 Å². The van der Waals surface area contributed by atoms with Gasteiger partial charge in [0.1, 0.15) is 0 Å². The van der Waals surface area contributed by atoms with E-state index in [0.717, 1.165) is 35.5 Å². The SMILES string of the molecule is CC(C)C1CCN/C1=C\[C@@H](C)[C@H]1CCC2C3=CCC4C[C@H](N)CC[C@]4(C)C3CC[C@@]21C. The molecule has 1 heterocycles. The number of fused-ring (bicyclic) bond motifs is 5. The molecule has 1 saturated heterocycles. The van der Waals surface area contributed by atoms with Crippen LogP contribution in [0.3, 0.4) is 0 Å². The molecule has 31 heavy (non-hydrogen) atoms. The first-order chi connectivity index (χ1) is 14.7. The summed E-state index contributed by atoms with van der Waals surface area (Å²) in [5, 5.41) is 3.75. The lowest BCUT2D eigenvalue weighted by atomic mass is 9.47. The average Bonchev–Trinajstić information content (AvgIpc) is 3.32. The Morgan fingerprint density at radius 3 is 2.52 bits per heavy atom. The minimum Gasteiger partial charge on any atom is -0.388 e.